The van der Waals surface area contributed by atoms with Crippen LogP contribution in [0.4, 0.5) is 0 Å². The zero-order valence-corrected chi connectivity index (χ0v) is 17.6. The van der Waals surface area contributed by atoms with E-state index in [9.17, 15) is 18.3 Å². The van der Waals surface area contributed by atoms with Gasteiger partial charge in [0.2, 0.25) is 16.8 Å². The summed E-state index contributed by atoms with van der Waals surface area (Å²) in [6.07, 6.45) is 0.796. The molecule has 0 saturated carbocycles. The molecule has 9 nitrogen and oxygen atoms in total. The minimum Gasteiger partial charge on any atom is -0.491 e. The van der Waals surface area contributed by atoms with Crippen LogP contribution in [0.25, 0.3) is 0 Å². The topological polar surface area (TPSA) is 114 Å². The number of hydrogen-bond acceptors (Lipinski definition) is 7. The molecule has 2 aromatic rings. The summed E-state index contributed by atoms with van der Waals surface area (Å²) in [7, 11) is -3.52. The molecule has 0 aromatic heterocycles. The molecule has 0 bridgehead atoms. The van der Waals surface area contributed by atoms with Gasteiger partial charge in [0.25, 0.3) is 5.91 Å². The van der Waals surface area contributed by atoms with Gasteiger partial charge in [-0.05, 0) is 49.2 Å². The Bertz CT molecular complexity index is 1030. The van der Waals surface area contributed by atoms with Crippen molar-refractivity contribution in [3.05, 3.63) is 48.0 Å². The van der Waals surface area contributed by atoms with Gasteiger partial charge in [0.05, 0.1) is 4.90 Å². The summed E-state index contributed by atoms with van der Waals surface area (Å²) < 4.78 is 42.6. The molecule has 1 saturated heterocycles. The van der Waals surface area contributed by atoms with Crippen LogP contribution in [-0.2, 0) is 10.0 Å². The van der Waals surface area contributed by atoms with E-state index in [1.54, 1.807) is 18.2 Å². The molecule has 2 aliphatic heterocycles. The predicted octanol–water partition coefficient (Wildman–Crippen LogP) is 1.37. The lowest BCUT2D eigenvalue weighted by Crippen LogP contribution is -2.35. The molecular formula is C21H24N2O7S. The van der Waals surface area contributed by atoms with Crippen molar-refractivity contribution in [2.75, 3.05) is 33.0 Å². The van der Waals surface area contributed by atoms with E-state index in [0.29, 0.717) is 35.9 Å². The highest BCUT2D eigenvalue weighted by Crippen LogP contribution is 2.35. The van der Waals surface area contributed by atoms with E-state index >= 15 is 0 Å². The van der Waals surface area contributed by atoms with Crippen LogP contribution in [-0.4, -0.2) is 62.9 Å². The first kappa shape index (κ1) is 21.4. The molecule has 2 aromatic carbocycles. The van der Waals surface area contributed by atoms with Gasteiger partial charge in [-0.15, -0.1) is 0 Å². The van der Waals surface area contributed by atoms with Crippen LogP contribution in [0.2, 0.25) is 0 Å². The summed E-state index contributed by atoms with van der Waals surface area (Å²) in [4.78, 5) is 12.5. The molecule has 10 heteroatoms. The van der Waals surface area contributed by atoms with Crippen molar-refractivity contribution in [2.45, 2.75) is 23.8 Å². The average molecular weight is 448 g/mol. The summed E-state index contributed by atoms with van der Waals surface area (Å²) in [5.74, 6) is 1.33. The number of aliphatic hydroxyl groups excluding tert-OH is 1. The molecule has 1 atom stereocenters. The van der Waals surface area contributed by atoms with E-state index < -0.39 is 22.0 Å². The van der Waals surface area contributed by atoms with Gasteiger partial charge in [0.15, 0.2) is 11.5 Å². The SMILES string of the molecule is O=C(NCC(O)COc1ccc2c(c1)OCO2)c1ccc(S(=O)(=O)N2CCCC2)cc1. The van der Waals surface area contributed by atoms with Gasteiger partial charge < -0.3 is 24.6 Å². The molecule has 2 heterocycles. The highest BCUT2D eigenvalue weighted by molar-refractivity contribution is 7.89. The van der Waals surface area contributed by atoms with Crippen molar-refractivity contribution in [3.8, 4) is 17.2 Å². The van der Waals surface area contributed by atoms with Gasteiger partial charge in [-0.25, -0.2) is 8.42 Å². The third-order valence-corrected chi connectivity index (χ3v) is 7.02. The number of nitrogens with one attached hydrogen (secondary N) is 1. The molecule has 2 aliphatic rings. The summed E-state index contributed by atoms with van der Waals surface area (Å²) >= 11 is 0. The van der Waals surface area contributed by atoms with E-state index in [2.05, 4.69) is 5.32 Å². The number of rotatable bonds is 8. The first-order valence-corrected chi connectivity index (χ1v) is 11.5. The third kappa shape index (κ3) is 4.92. The molecule has 31 heavy (non-hydrogen) atoms. The number of benzene rings is 2. The number of hydrogen-bond donors (Lipinski definition) is 2. The number of fused-ring (bicyclic) bond motifs is 1. The van der Waals surface area contributed by atoms with Crippen molar-refractivity contribution in [1.29, 1.82) is 0 Å². The standard InChI is InChI=1S/C21H24N2O7S/c24-16(13-28-17-5-8-19-20(11-17)30-14-29-19)12-22-21(25)15-3-6-18(7-4-15)31(26,27)23-9-1-2-10-23/h3-8,11,16,24H,1-2,9-10,12-14H2,(H,22,25). The number of nitrogens with zero attached hydrogens (tertiary/aromatic N) is 1. The van der Waals surface area contributed by atoms with E-state index in [0.717, 1.165) is 12.8 Å². The second-order valence-electron chi connectivity index (χ2n) is 7.33. The molecule has 1 amide bonds. The Hall–Kier alpha value is -2.82. The van der Waals surface area contributed by atoms with E-state index in [-0.39, 0.29) is 24.8 Å². The fourth-order valence-electron chi connectivity index (χ4n) is 3.39. The predicted molar refractivity (Wildman–Crippen MR) is 111 cm³/mol. The highest BCUT2D eigenvalue weighted by Gasteiger charge is 2.27. The first-order chi connectivity index (χ1) is 14.9. The first-order valence-electron chi connectivity index (χ1n) is 10.0. The summed E-state index contributed by atoms with van der Waals surface area (Å²) in [6.45, 7) is 1.18. The monoisotopic (exact) mass is 448 g/mol. The van der Waals surface area contributed by atoms with E-state index in [1.165, 1.54) is 28.6 Å². The molecule has 0 spiro atoms. The van der Waals surface area contributed by atoms with Crippen molar-refractivity contribution in [2.24, 2.45) is 0 Å². The van der Waals surface area contributed by atoms with Crippen LogP contribution < -0.4 is 19.5 Å². The van der Waals surface area contributed by atoms with Gasteiger partial charge >= 0.3 is 0 Å². The van der Waals surface area contributed by atoms with E-state index in [1.807, 2.05) is 0 Å². The van der Waals surface area contributed by atoms with Crippen molar-refractivity contribution in [1.82, 2.24) is 9.62 Å². The van der Waals surface area contributed by atoms with Gasteiger partial charge in [-0.1, -0.05) is 0 Å². The number of carbonyl (C=O) groups is 1. The van der Waals surface area contributed by atoms with Gasteiger partial charge in [0, 0.05) is 31.3 Å². The van der Waals surface area contributed by atoms with Crippen LogP contribution in [0.5, 0.6) is 17.2 Å². The summed E-state index contributed by atoms with van der Waals surface area (Å²) in [5.41, 5.74) is 0.310. The minimum absolute atomic E-state index is 0.0167. The zero-order chi connectivity index (χ0) is 21.8. The quantitative estimate of drug-likeness (QED) is 0.627. The Labute approximate surface area is 180 Å². The van der Waals surface area contributed by atoms with Crippen LogP contribution in [0.15, 0.2) is 47.4 Å². The van der Waals surface area contributed by atoms with E-state index in [4.69, 9.17) is 14.2 Å². The van der Waals surface area contributed by atoms with Gasteiger partial charge in [-0.2, -0.15) is 4.31 Å². The molecule has 1 unspecified atom stereocenters. The Morgan fingerprint density at radius 1 is 1.10 bits per heavy atom. The van der Waals surface area contributed by atoms with Crippen molar-refractivity contribution < 1.29 is 32.5 Å². The fourth-order valence-corrected chi connectivity index (χ4v) is 4.90. The maximum atomic E-state index is 12.5. The Kier molecular flexibility index (Phi) is 6.30. The Balaban J connectivity index is 1.26. The molecule has 166 valence electrons. The second kappa shape index (κ2) is 9.13. The number of carbonyl (C=O) groups excluding carboxylic acids is 1. The van der Waals surface area contributed by atoms with Gasteiger partial charge in [-0.3, -0.25) is 4.79 Å². The maximum absolute atomic E-state index is 12.5. The average Bonchev–Trinajstić information content (AvgIpc) is 3.48. The van der Waals surface area contributed by atoms with Crippen LogP contribution in [0.3, 0.4) is 0 Å². The normalized spacial score (nSPS) is 16.8. The zero-order valence-electron chi connectivity index (χ0n) is 16.8. The third-order valence-electron chi connectivity index (χ3n) is 5.10. The number of aliphatic hydroxyl groups is 1. The summed E-state index contributed by atoms with van der Waals surface area (Å²) in [6, 6.07) is 10.9. The van der Waals surface area contributed by atoms with Crippen LogP contribution in [0.1, 0.15) is 23.2 Å². The Morgan fingerprint density at radius 3 is 2.55 bits per heavy atom. The van der Waals surface area contributed by atoms with Crippen LogP contribution in [0, 0.1) is 0 Å². The van der Waals surface area contributed by atoms with Crippen molar-refractivity contribution >= 4 is 15.9 Å². The summed E-state index contributed by atoms with van der Waals surface area (Å²) in [5, 5.41) is 12.7. The molecule has 0 aliphatic carbocycles. The maximum Gasteiger partial charge on any atom is 0.251 e. The fraction of sp³-hybridized carbons (Fsp3) is 0.381. The second-order valence-corrected chi connectivity index (χ2v) is 9.26. The number of ether oxygens (including phenoxy) is 3. The van der Waals surface area contributed by atoms with Crippen LogP contribution >= 0.6 is 0 Å². The van der Waals surface area contributed by atoms with Crippen molar-refractivity contribution in [3.63, 3.8) is 0 Å². The molecule has 4 rings (SSSR count). The highest BCUT2D eigenvalue weighted by atomic mass is 32.2. The number of amides is 1. The number of sulfonamides is 1. The minimum atomic E-state index is -3.52. The Morgan fingerprint density at radius 2 is 1.81 bits per heavy atom. The molecule has 2 N–H and O–H groups in total. The smallest absolute Gasteiger partial charge is 0.251 e. The molecule has 0 radical (unpaired) electrons. The largest absolute Gasteiger partial charge is 0.491 e. The molecule has 1 fully saturated rings. The molecular weight excluding hydrogens is 424 g/mol. The van der Waals surface area contributed by atoms with Gasteiger partial charge in [0.1, 0.15) is 18.5 Å². The lowest BCUT2D eigenvalue weighted by molar-refractivity contribution is 0.0843. The lowest BCUT2D eigenvalue weighted by Gasteiger charge is -2.16. The lowest BCUT2D eigenvalue weighted by atomic mass is 10.2.